The molecule has 2 unspecified atom stereocenters. The van der Waals surface area contributed by atoms with Crippen molar-refractivity contribution in [3.8, 4) is 17.2 Å². The van der Waals surface area contributed by atoms with Crippen molar-refractivity contribution in [3.05, 3.63) is 54.1 Å². The Labute approximate surface area is 168 Å². The molecule has 29 heavy (non-hydrogen) atoms. The van der Waals surface area contributed by atoms with Gasteiger partial charge in [-0.15, -0.1) is 0 Å². The van der Waals surface area contributed by atoms with Crippen LogP contribution < -0.4 is 9.47 Å². The fourth-order valence-corrected chi connectivity index (χ4v) is 4.12. The van der Waals surface area contributed by atoms with Gasteiger partial charge in [-0.1, -0.05) is 6.07 Å². The van der Waals surface area contributed by atoms with Crippen molar-refractivity contribution < 1.29 is 27.8 Å². The van der Waals surface area contributed by atoms with Gasteiger partial charge in [-0.25, -0.2) is 13.6 Å². The Morgan fingerprint density at radius 2 is 1.83 bits per heavy atom. The van der Waals surface area contributed by atoms with Crippen molar-refractivity contribution in [1.82, 2.24) is 0 Å². The zero-order valence-electron chi connectivity index (χ0n) is 16.3. The van der Waals surface area contributed by atoms with Gasteiger partial charge < -0.3 is 14.2 Å². The third-order valence-corrected chi connectivity index (χ3v) is 5.81. The minimum atomic E-state index is -2.52. The Bertz CT molecular complexity index is 881. The van der Waals surface area contributed by atoms with Gasteiger partial charge >= 0.3 is 5.97 Å². The Balaban J connectivity index is 1.29. The molecule has 154 valence electrons. The summed E-state index contributed by atoms with van der Waals surface area (Å²) in [6.45, 7) is 2.68. The highest BCUT2D eigenvalue weighted by Crippen LogP contribution is 2.69. The second-order valence-electron chi connectivity index (χ2n) is 7.90. The van der Waals surface area contributed by atoms with Crippen LogP contribution in [0.3, 0.4) is 0 Å². The van der Waals surface area contributed by atoms with Crippen LogP contribution in [0, 0.1) is 11.3 Å². The fraction of sp³-hybridized carbons (Fsp3) is 0.435. The zero-order valence-corrected chi connectivity index (χ0v) is 16.3. The first-order chi connectivity index (χ1) is 13.9. The number of carbonyl (C=O) groups is 1. The van der Waals surface area contributed by atoms with Crippen LogP contribution in [0.2, 0.25) is 0 Å². The van der Waals surface area contributed by atoms with Crippen molar-refractivity contribution >= 4 is 5.97 Å². The topological polar surface area (TPSA) is 44.8 Å². The van der Waals surface area contributed by atoms with Gasteiger partial charge in [0.15, 0.2) is 0 Å². The lowest BCUT2D eigenvalue weighted by Gasteiger charge is -2.12. The molecule has 2 aromatic carbocycles. The average Bonchev–Trinajstić information content (AvgIpc) is 3.02. The van der Waals surface area contributed by atoms with Gasteiger partial charge in [0, 0.05) is 17.9 Å². The number of rotatable bonds is 7. The third-order valence-electron chi connectivity index (χ3n) is 5.81. The van der Waals surface area contributed by atoms with Crippen LogP contribution in [0.1, 0.15) is 43.0 Å². The minimum absolute atomic E-state index is 0.0145. The zero-order chi connectivity index (χ0) is 20.5. The predicted molar refractivity (Wildman–Crippen MR) is 104 cm³/mol. The predicted octanol–water partition coefficient (Wildman–Crippen LogP) is 5.86. The van der Waals surface area contributed by atoms with Crippen LogP contribution in [0.15, 0.2) is 48.5 Å². The SMILES string of the molecule is CCOc1cccc(Oc2ccc(C(=O)OCC3CCC4(C3)CC4(F)F)cc2)c1. The van der Waals surface area contributed by atoms with Crippen LogP contribution in [-0.4, -0.2) is 25.1 Å². The monoisotopic (exact) mass is 402 g/mol. The number of hydrogen-bond acceptors (Lipinski definition) is 4. The summed E-state index contributed by atoms with van der Waals surface area (Å²) in [5.74, 6) is -1.000. The Kier molecular flexibility index (Phi) is 5.19. The van der Waals surface area contributed by atoms with E-state index in [2.05, 4.69) is 0 Å². The van der Waals surface area contributed by atoms with Crippen LogP contribution in [0.5, 0.6) is 17.2 Å². The van der Waals surface area contributed by atoms with E-state index in [4.69, 9.17) is 14.2 Å². The van der Waals surface area contributed by atoms with E-state index in [1.54, 1.807) is 30.3 Å². The molecule has 0 amide bonds. The summed E-state index contributed by atoms with van der Waals surface area (Å²) < 4.78 is 43.5. The van der Waals surface area contributed by atoms with E-state index < -0.39 is 17.3 Å². The second kappa shape index (κ2) is 7.65. The number of carbonyl (C=O) groups excluding carboxylic acids is 1. The molecule has 2 aliphatic carbocycles. The normalized spacial score (nSPS) is 24.3. The molecule has 0 N–H and O–H groups in total. The van der Waals surface area contributed by atoms with Crippen molar-refractivity contribution in [3.63, 3.8) is 0 Å². The van der Waals surface area contributed by atoms with Crippen LogP contribution in [-0.2, 0) is 4.74 Å². The molecule has 6 heteroatoms. The second-order valence-corrected chi connectivity index (χ2v) is 7.90. The molecule has 2 aliphatic rings. The molecule has 4 nitrogen and oxygen atoms in total. The van der Waals surface area contributed by atoms with E-state index in [1.807, 2.05) is 25.1 Å². The number of esters is 1. The molecular formula is C23H24F2O4. The molecule has 2 atom stereocenters. The summed E-state index contributed by atoms with van der Waals surface area (Å²) in [5.41, 5.74) is -0.410. The van der Waals surface area contributed by atoms with E-state index in [0.29, 0.717) is 42.9 Å². The quantitative estimate of drug-likeness (QED) is 0.544. The highest BCUT2D eigenvalue weighted by Gasteiger charge is 2.72. The maximum atomic E-state index is 13.5. The number of ether oxygens (including phenoxy) is 3. The molecule has 2 fully saturated rings. The lowest BCUT2D eigenvalue weighted by atomic mass is 10.0. The van der Waals surface area contributed by atoms with Gasteiger partial charge in [-0.3, -0.25) is 0 Å². The summed E-state index contributed by atoms with van der Waals surface area (Å²) in [6, 6.07) is 14.0. The van der Waals surface area contributed by atoms with Crippen LogP contribution in [0.25, 0.3) is 0 Å². The molecular weight excluding hydrogens is 378 g/mol. The standard InChI is InChI=1S/C23H24F2O4/c1-2-27-19-4-3-5-20(12-19)29-18-8-6-17(7-9-18)21(26)28-14-16-10-11-22(13-16)15-23(22,24)25/h3-9,12,16H,2,10-11,13-15H2,1H3. The van der Waals surface area contributed by atoms with Crippen LogP contribution in [0.4, 0.5) is 8.78 Å². The van der Waals surface area contributed by atoms with Gasteiger partial charge in [-0.05, 0) is 68.5 Å². The summed E-state index contributed by atoms with van der Waals surface area (Å²) in [4.78, 5) is 12.3. The van der Waals surface area contributed by atoms with Crippen LogP contribution >= 0.6 is 0 Å². The van der Waals surface area contributed by atoms with E-state index >= 15 is 0 Å². The first kappa shape index (κ1) is 19.7. The van der Waals surface area contributed by atoms with E-state index in [0.717, 1.165) is 5.75 Å². The summed E-state index contributed by atoms with van der Waals surface area (Å²) >= 11 is 0. The Morgan fingerprint density at radius 3 is 2.48 bits per heavy atom. The van der Waals surface area contributed by atoms with E-state index in [-0.39, 0.29) is 18.9 Å². The maximum absolute atomic E-state index is 13.5. The Hall–Kier alpha value is -2.63. The van der Waals surface area contributed by atoms with Crippen molar-refractivity contribution in [1.29, 1.82) is 0 Å². The maximum Gasteiger partial charge on any atom is 0.338 e. The van der Waals surface area contributed by atoms with Gasteiger partial charge in [0.05, 0.1) is 18.8 Å². The number of hydrogen-bond donors (Lipinski definition) is 0. The molecule has 1 spiro atoms. The molecule has 0 heterocycles. The lowest BCUT2D eigenvalue weighted by Crippen LogP contribution is -2.14. The summed E-state index contributed by atoms with van der Waals surface area (Å²) in [6.07, 6.45) is 1.65. The van der Waals surface area contributed by atoms with E-state index in [1.165, 1.54) is 0 Å². The highest BCUT2D eigenvalue weighted by atomic mass is 19.3. The van der Waals surface area contributed by atoms with Gasteiger partial charge in [-0.2, -0.15) is 0 Å². The molecule has 0 bridgehead atoms. The Morgan fingerprint density at radius 1 is 1.10 bits per heavy atom. The largest absolute Gasteiger partial charge is 0.494 e. The minimum Gasteiger partial charge on any atom is -0.494 e. The first-order valence-electron chi connectivity index (χ1n) is 9.96. The molecule has 2 aromatic rings. The third kappa shape index (κ3) is 4.21. The van der Waals surface area contributed by atoms with Gasteiger partial charge in [0.25, 0.3) is 5.92 Å². The average molecular weight is 402 g/mol. The number of alkyl halides is 2. The lowest BCUT2D eigenvalue weighted by molar-refractivity contribution is 0.0414. The first-order valence-corrected chi connectivity index (χ1v) is 9.96. The smallest absolute Gasteiger partial charge is 0.338 e. The van der Waals surface area contributed by atoms with Crippen molar-refractivity contribution in [2.24, 2.45) is 11.3 Å². The fourth-order valence-electron chi connectivity index (χ4n) is 4.12. The molecule has 2 saturated carbocycles. The van der Waals surface area contributed by atoms with Crippen molar-refractivity contribution in [2.45, 2.75) is 38.5 Å². The molecule has 0 radical (unpaired) electrons. The summed E-state index contributed by atoms with van der Waals surface area (Å²) in [5, 5.41) is 0. The molecule has 4 rings (SSSR count). The highest BCUT2D eigenvalue weighted by molar-refractivity contribution is 5.89. The van der Waals surface area contributed by atoms with Crippen molar-refractivity contribution in [2.75, 3.05) is 13.2 Å². The van der Waals surface area contributed by atoms with Gasteiger partial charge in [0.2, 0.25) is 0 Å². The number of benzene rings is 2. The molecule has 0 aromatic heterocycles. The van der Waals surface area contributed by atoms with E-state index in [9.17, 15) is 13.6 Å². The molecule has 0 aliphatic heterocycles. The van der Waals surface area contributed by atoms with Gasteiger partial charge in [0.1, 0.15) is 17.2 Å². The molecule has 0 saturated heterocycles. The number of halogens is 2. The summed E-state index contributed by atoms with van der Waals surface area (Å²) in [7, 11) is 0.